The molecule has 28 heavy (non-hydrogen) atoms. The third-order valence-electron chi connectivity index (χ3n) is 5.22. The first-order chi connectivity index (χ1) is 13.2. The lowest BCUT2D eigenvalue weighted by Gasteiger charge is -2.27. The molecule has 3 rings (SSSR count). The second kappa shape index (κ2) is 8.00. The third-order valence-corrected chi connectivity index (χ3v) is 6.76. The average molecular weight is 404 g/mol. The van der Waals surface area contributed by atoms with Gasteiger partial charge in [-0.05, 0) is 48.9 Å². The number of amides is 1. The molecule has 2 aromatic rings. The number of aliphatic hydroxyl groups is 1. The molecule has 8 heteroatoms. The summed E-state index contributed by atoms with van der Waals surface area (Å²) in [6.45, 7) is 0. The van der Waals surface area contributed by atoms with Crippen LogP contribution in [0.25, 0.3) is 0 Å². The molecular formula is C20H25N3O4S. The normalized spacial score (nSPS) is 22.4. The summed E-state index contributed by atoms with van der Waals surface area (Å²) < 4.78 is 28.0. The Hall–Kier alpha value is -2.26. The zero-order valence-electron chi connectivity index (χ0n) is 15.4. The van der Waals surface area contributed by atoms with Gasteiger partial charge in [0.15, 0.2) is 5.60 Å². The number of hydrogen-bond donors (Lipinski definition) is 4. The van der Waals surface area contributed by atoms with E-state index in [-0.39, 0.29) is 22.5 Å². The molecule has 1 saturated carbocycles. The van der Waals surface area contributed by atoms with Gasteiger partial charge in [-0.25, -0.2) is 13.1 Å². The van der Waals surface area contributed by atoms with Crippen molar-refractivity contribution in [3.05, 3.63) is 65.7 Å². The first-order valence-electron chi connectivity index (χ1n) is 9.20. The fourth-order valence-corrected chi connectivity index (χ4v) is 4.84. The number of rotatable bonds is 6. The summed E-state index contributed by atoms with van der Waals surface area (Å²) in [5, 5.41) is 11.0. The summed E-state index contributed by atoms with van der Waals surface area (Å²) in [5.41, 5.74) is 9.80. The Kier molecular flexibility index (Phi) is 5.85. The van der Waals surface area contributed by atoms with Crippen LogP contribution in [0.2, 0.25) is 0 Å². The van der Waals surface area contributed by atoms with E-state index >= 15 is 0 Å². The zero-order chi connectivity index (χ0) is 20.4. The maximum Gasteiger partial charge on any atom is 0.258 e. The quantitative estimate of drug-likeness (QED) is 0.569. The van der Waals surface area contributed by atoms with Gasteiger partial charge in [0.2, 0.25) is 10.0 Å². The minimum atomic E-state index is -3.71. The summed E-state index contributed by atoms with van der Waals surface area (Å²) in [5.74, 6) is -0.939. The zero-order valence-corrected chi connectivity index (χ0v) is 16.2. The Labute approximate surface area is 164 Å². The van der Waals surface area contributed by atoms with Crippen molar-refractivity contribution in [2.24, 2.45) is 11.5 Å². The summed E-state index contributed by atoms with van der Waals surface area (Å²) in [6, 6.07) is 13.8. The fraction of sp³-hybridized carbons (Fsp3) is 0.350. The molecule has 0 saturated heterocycles. The number of benzene rings is 2. The van der Waals surface area contributed by atoms with Gasteiger partial charge in [0.05, 0.1) is 4.90 Å². The molecule has 2 aromatic carbocycles. The molecule has 0 spiro atoms. The van der Waals surface area contributed by atoms with E-state index in [0.29, 0.717) is 18.4 Å². The van der Waals surface area contributed by atoms with E-state index in [1.165, 1.54) is 24.3 Å². The Morgan fingerprint density at radius 2 is 1.50 bits per heavy atom. The maximum absolute atomic E-state index is 12.7. The first-order valence-corrected chi connectivity index (χ1v) is 10.7. The molecule has 1 fully saturated rings. The van der Waals surface area contributed by atoms with Crippen LogP contribution in [0, 0.1) is 0 Å². The number of carbonyl (C=O) groups excluding carboxylic acids is 1. The summed E-state index contributed by atoms with van der Waals surface area (Å²) in [7, 11) is -3.71. The Morgan fingerprint density at radius 3 is 2.04 bits per heavy atom. The van der Waals surface area contributed by atoms with Crippen molar-refractivity contribution in [2.45, 2.75) is 48.3 Å². The van der Waals surface area contributed by atoms with E-state index in [1.807, 2.05) is 0 Å². The van der Waals surface area contributed by atoms with Crippen molar-refractivity contribution in [3.8, 4) is 0 Å². The van der Waals surface area contributed by atoms with Gasteiger partial charge in [-0.2, -0.15) is 0 Å². The van der Waals surface area contributed by atoms with Crippen LogP contribution in [0.1, 0.15) is 36.8 Å². The monoisotopic (exact) mass is 403 g/mol. The van der Waals surface area contributed by atoms with Crippen LogP contribution in [0.5, 0.6) is 0 Å². The molecule has 1 amide bonds. The van der Waals surface area contributed by atoms with Gasteiger partial charge < -0.3 is 16.6 Å². The summed E-state index contributed by atoms with van der Waals surface area (Å²) in [6.07, 6.45) is 2.98. The lowest BCUT2D eigenvalue weighted by atomic mass is 9.86. The van der Waals surface area contributed by atoms with Crippen molar-refractivity contribution >= 4 is 15.9 Å². The SMILES string of the molecule is NC(=O)C(O)(c1ccccc1)c1ccc(S(=O)(=O)NC2CCC(N)CC2)cc1. The van der Waals surface area contributed by atoms with Crippen molar-refractivity contribution in [2.75, 3.05) is 0 Å². The molecule has 0 aromatic heterocycles. The van der Waals surface area contributed by atoms with Gasteiger partial charge >= 0.3 is 0 Å². The highest BCUT2D eigenvalue weighted by Crippen LogP contribution is 2.30. The first kappa shape index (κ1) is 20.5. The predicted octanol–water partition coefficient (Wildman–Crippen LogP) is 0.956. The molecule has 0 radical (unpaired) electrons. The Balaban J connectivity index is 1.85. The van der Waals surface area contributed by atoms with Gasteiger partial charge in [0.1, 0.15) is 0 Å². The van der Waals surface area contributed by atoms with E-state index in [0.717, 1.165) is 12.8 Å². The minimum Gasteiger partial charge on any atom is -0.372 e. The lowest BCUT2D eigenvalue weighted by molar-refractivity contribution is -0.133. The van der Waals surface area contributed by atoms with Crippen LogP contribution in [-0.4, -0.2) is 31.5 Å². The van der Waals surface area contributed by atoms with Crippen LogP contribution in [0.15, 0.2) is 59.5 Å². The number of carbonyl (C=O) groups is 1. The number of sulfonamides is 1. The largest absolute Gasteiger partial charge is 0.372 e. The lowest BCUT2D eigenvalue weighted by Crippen LogP contribution is -2.42. The van der Waals surface area contributed by atoms with Crippen LogP contribution >= 0.6 is 0 Å². The highest BCUT2D eigenvalue weighted by Gasteiger charge is 2.38. The van der Waals surface area contributed by atoms with Crippen LogP contribution in [0.3, 0.4) is 0 Å². The summed E-state index contributed by atoms with van der Waals surface area (Å²) in [4.78, 5) is 12.1. The van der Waals surface area contributed by atoms with E-state index in [9.17, 15) is 18.3 Å². The van der Waals surface area contributed by atoms with E-state index in [4.69, 9.17) is 11.5 Å². The van der Waals surface area contributed by atoms with Crippen LogP contribution < -0.4 is 16.2 Å². The minimum absolute atomic E-state index is 0.0611. The van der Waals surface area contributed by atoms with E-state index in [2.05, 4.69) is 4.72 Å². The smallest absolute Gasteiger partial charge is 0.258 e. The molecule has 1 aliphatic rings. The van der Waals surface area contributed by atoms with Crippen molar-refractivity contribution in [3.63, 3.8) is 0 Å². The highest BCUT2D eigenvalue weighted by molar-refractivity contribution is 7.89. The van der Waals surface area contributed by atoms with Gasteiger partial charge in [0.25, 0.3) is 5.91 Å². The van der Waals surface area contributed by atoms with E-state index < -0.39 is 21.5 Å². The van der Waals surface area contributed by atoms with Crippen LogP contribution in [-0.2, 0) is 20.4 Å². The standard InChI is InChI=1S/C20H25N3O4S/c21-16-8-10-17(11-9-16)23-28(26,27)18-12-6-15(7-13-18)20(25,19(22)24)14-4-2-1-3-5-14/h1-7,12-13,16-17,23,25H,8-11,21H2,(H2,22,24). The molecule has 1 atom stereocenters. The molecule has 150 valence electrons. The van der Waals surface area contributed by atoms with Crippen molar-refractivity contribution in [1.29, 1.82) is 0 Å². The molecule has 1 unspecified atom stereocenters. The average Bonchev–Trinajstić information content (AvgIpc) is 2.69. The van der Waals surface area contributed by atoms with Gasteiger partial charge in [-0.3, -0.25) is 4.79 Å². The Morgan fingerprint density at radius 1 is 0.964 bits per heavy atom. The molecule has 0 heterocycles. The van der Waals surface area contributed by atoms with Gasteiger partial charge in [-0.1, -0.05) is 42.5 Å². The van der Waals surface area contributed by atoms with Crippen molar-refractivity contribution in [1.82, 2.24) is 4.72 Å². The number of primary amides is 1. The summed E-state index contributed by atoms with van der Waals surface area (Å²) >= 11 is 0. The topological polar surface area (TPSA) is 136 Å². The Bertz CT molecular complexity index is 924. The van der Waals surface area contributed by atoms with Gasteiger partial charge in [0, 0.05) is 12.1 Å². The molecule has 0 aliphatic heterocycles. The predicted molar refractivity (Wildman–Crippen MR) is 106 cm³/mol. The van der Waals surface area contributed by atoms with Crippen molar-refractivity contribution < 1.29 is 18.3 Å². The van der Waals surface area contributed by atoms with Crippen LogP contribution in [0.4, 0.5) is 0 Å². The maximum atomic E-state index is 12.7. The second-order valence-corrected chi connectivity index (χ2v) is 8.91. The second-order valence-electron chi connectivity index (χ2n) is 7.20. The van der Waals surface area contributed by atoms with E-state index in [1.54, 1.807) is 30.3 Å². The third kappa shape index (κ3) is 4.10. The molecule has 6 N–H and O–H groups in total. The number of nitrogens with one attached hydrogen (secondary N) is 1. The number of nitrogens with two attached hydrogens (primary N) is 2. The molecular weight excluding hydrogens is 378 g/mol. The number of hydrogen-bond acceptors (Lipinski definition) is 5. The molecule has 7 nitrogen and oxygen atoms in total. The highest BCUT2D eigenvalue weighted by atomic mass is 32.2. The fourth-order valence-electron chi connectivity index (χ4n) is 3.53. The molecule has 1 aliphatic carbocycles. The van der Waals surface area contributed by atoms with Gasteiger partial charge in [-0.15, -0.1) is 0 Å². The molecule has 0 bridgehead atoms.